The first-order valence-electron chi connectivity index (χ1n) is 9.28. The van der Waals surface area contributed by atoms with E-state index < -0.39 is 11.6 Å². The molecule has 1 aromatic heterocycles. The Labute approximate surface area is 155 Å². The van der Waals surface area contributed by atoms with Crippen LogP contribution in [0.4, 0.5) is 8.78 Å². The Morgan fingerprint density at radius 1 is 1.19 bits per heavy atom. The normalized spacial score (nSPS) is 19.4. The Morgan fingerprint density at radius 2 is 1.92 bits per heavy atom. The quantitative estimate of drug-likeness (QED) is 0.783. The third kappa shape index (κ3) is 3.82. The van der Waals surface area contributed by atoms with Gasteiger partial charge in [-0.05, 0) is 24.8 Å². The van der Waals surface area contributed by atoms with E-state index in [-0.39, 0.29) is 17.5 Å². The van der Waals surface area contributed by atoms with Gasteiger partial charge in [0.1, 0.15) is 17.4 Å². The third-order valence-corrected chi connectivity index (χ3v) is 6.29. The second kappa shape index (κ2) is 7.47. The van der Waals surface area contributed by atoms with Crippen LogP contribution in [0, 0.1) is 17.6 Å². The van der Waals surface area contributed by atoms with Gasteiger partial charge < -0.3 is 9.64 Å². The summed E-state index contributed by atoms with van der Waals surface area (Å²) in [4.78, 5) is 18.5. The van der Waals surface area contributed by atoms with Gasteiger partial charge in [-0.2, -0.15) is 4.98 Å². The van der Waals surface area contributed by atoms with Gasteiger partial charge in [-0.1, -0.05) is 24.2 Å². The molecule has 2 aromatic rings. The molecule has 1 aliphatic carbocycles. The molecule has 4 nitrogen and oxygen atoms in total. The van der Waals surface area contributed by atoms with Crippen molar-refractivity contribution < 1.29 is 18.3 Å². The van der Waals surface area contributed by atoms with E-state index in [9.17, 15) is 13.6 Å². The predicted molar refractivity (Wildman–Crippen MR) is 96.3 cm³/mol. The summed E-state index contributed by atoms with van der Waals surface area (Å²) < 4.78 is 33.4. The number of likely N-dealkylation sites (tertiary alicyclic amines) is 1. The summed E-state index contributed by atoms with van der Waals surface area (Å²) in [5.41, 5.74) is 0.149. The van der Waals surface area contributed by atoms with E-state index in [1.54, 1.807) is 0 Å². The number of thiazole rings is 1. The maximum absolute atomic E-state index is 13.8. The first kappa shape index (κ1) is 17.6. The van der Waals surface area contributed by atoms with Crippen LogP contribution in [0.1, 0.15) is 44.9 Å². The number of rotatable bonds is 4. The zero-order chi connectivity index (χ0) is 18.1. The van der Waals surface area contributed by atoms with Crippen molar-refractivity contribution in [2.75, 3.05) is 13.1 Å². The second-order valence-corrected chi connectivity index (χ2v) is 8.26. The summed E-state index contributed by atoms with van der Waals surface area (Å²) in [7, 11) is 0. The van der Waals surface area contributed by atoms with Crippen LogP contribution in [0.5, 0.6) is 5.19 Å². The first-order valence-corrected chi connectivity index (χ1v) is 10.1. The number of amides is 1. The SMILES string of the molecule is O=C(CC1CCCC1)N1CCC(Oc2nc3c(F)cc(F)cc3s2)CC1. The third-order valence-electron chi connectivity index (χ3n) is 5.39. The van der Waals surface area contributed by atoms with Crippen molar-refractivity contribution >= 4 is 27.5 Å². The smallest absolute Gasteiger partial charge is 0.274 e. The Hall–Kier alpha value is -1.76. The average molecular weight is 380 g/mol. The van der Waals surface area contributed by atoms with Crippen molar-refractivity contribution in [2.24, 2.45) is 5.92 Å². The summed E-state index contributed by atoms with van der Waals surface area (Å²) >= 11 is 1.15. The van der Waals surface area contributed by atoms with Crippen LogP contribution >= 0.6 is 11.3 Å². The number of hydrogen-bond acceptors (Lipinski definition) is 4. The number of carbonyl (C=O) groups is 1. The van der Waals surface area contributed by atoms with Gasteiger partial charge in [0.05, 0.1) is 4.70 Å². The van der Waals surface area contributed by atoms with Crippen LogP contribution < -0.4 is 4.74 Å². The molecule has 2 fully saturated rings. The molecule has 0 atom stereocenters. The van der Waals surface area contributed by atoms with E-state index in [0.29, 0.717) is 35.3 Å². The number of benzene rings is 1. The topological polar surface area (TPSA) is 42.4 Å². The summed E-state index contributed by atoms with van der Waals surface area (Å²) in [5.74, 6) is -0.458. The molecule has 26 heavy (non-hydrogen) atoms. The highest BCUT2D eigenvalue weighted by atomic mass is 32.1. The number of carbonyl (C=O) groups excluding carboxylic acids is 1. The van der Waals surface area contributed by atoms with E-state index in [2.05, 4.69) is 4.98 Å². The van der Waals surface area contributed by atoms with Gasteiger partial charge in [0, 0.05) is 38.4 Å². The lowest BCUT2D eigenvalue weighted by Crippen LogP contribution is -2.42. The van der Waals surface area contributed by atoms with Crippen LogP contribution in [0.3, 0.4) is 0 Å². The molecule has 1 amide bonds. The minimum atomic E-state index is -0.668. The van der Waals surface area contributed by atoms with E-state index >= 15 is 0 Å². The molecule has 0 bridgehead atoms. The van der Waals surface area contributed by atoms with Crippen molar-refractivity contribution in [3.8, 4) is 5.19 Å². The molecule has 4 rings (SSSR count). The zero-order valence-electron chi connectivity index (χ0n) is 14.5. The fourth-order valence-corrected chi connectivity index (χ4v) is 4.86. The molecule has 7 heteroatoms. The lowest BCUT2D eigenvalue weighted by Gasteiger charge is -2.32. The number of hydrogen-bond donors (Lipinski definition) is 0. The Balaban J connectivity index is 1.32. The van der Waals surface area contributed by atoms with Crippen molar-refractivity contribution in [1.29, 1.82) is 0 Å². The van der Waals surface area contributed by atoms with Crippen molar-refractivity contribution in [2.45, 2.75) is 51.0 Å². The number of nitrogens with zero attached hydrogens (tertiary/aromatic N) is 2. The lowest BCUT2D eigenvalue weighted by atomic mass is 10.0. The van der Waals surface area contributed by atoms with Gasteiger partial charge in [0.2, 0.25) is 5.91 Å². The van der Waals surface area contributed by atoms with Crippen LogP contribution in [0.15, 0.2) is 12.1 Å². The highest BCUT2D eigenvalue weighted by molar-refractivity contribution is 7.20. The van der Waals surface area contributed by atoms with Gasteiger partial charge in [-0.15, -0.1) is 0 Å². The molecule has 1 aromatic carbocycles. The van der Waals surface area contributed by atoms with Crippen LogP contribution in [0.25, 0.3) is 10.2 Å². The Morgan fingerprint density at radius 3 is 2.65 bits per heavy atom. The molecule has 1 aliphatic heterocycles. The van der Waals surface area contributed by atoms with Gasteiger partial charge in [-0.25, -0.2) is 8.78 Å². The molecule has 2 aliphatic rings. The predicted octanol–water partition coefficient (Wildman–Crippen LogP) is 4.52. The second-order valence-electron chi connectivity index (χ2n) is 7.27. The monoisotopic (exact) mass is 380 g/mol. The van der Waals surface area contributed by atoms with Crippen LogP contribution in [-0.4, -0.2) is 35.0 Å². The van der Waals surface area contributed by atoms with Gasteiger partial charge in [-0.3, -0.25) is 4.79 Å². The van der Waals surface area contributed by atoms with Gasteiger partial charge >= 0.3 is 0 Å². The maximum atomic E-state index is 13.8. The van der Waals surface area contributed by atoms with Crippen molar-refractivity contribution in [3.05, 3.63) is 23.8 Å². The molecule has 0 unspecified atom stereocenters. The minimum absolute atomic E-state index is 0.0426. The fraction of sp³-hybridized carbons (Fsp3) is 0.579. The minimum Gasteiger partial charge on any atom is -0.467 e. The van der Waals surface area contributed by atoms with Gasteiger partial charge in [0.15, 0.2) is 5.82 Å². The molecule has 0 radical (unpaired) electrons. The molecule has 0 spiro atoms. The van der Waals surface area contributed by atoms with Crippen LogP contribution in [-0.2, 0) is 4.79 Å². The van der Waals surface area contributed by atoms with Crippen molar-refractivity contribution in [3.63, 3.8) is 0 Å². The van der Waals surface area contributed by atoms with E-state index in [1.807, 2.05) is 4.90 Å². The summed E-state index contributed by atoms with van der Waals surface area (Å²) in [6, 6.07) is 2.10. The van der Waals surface area contributed by atoms with Crippen molar-refractivity contribution in [1.82, 2.24) is 9.88 Å². The number of fused-ring (bicyclic) bond motifs is 1. The lowest BCUT2D eigenvalue weighted by molar-refractivity contribution is -0.133. The molecular weight excluding hydrogens is 358 g/mol. The average Bonchev–Trinajstić information content (AvgIpc) is 3.25. The number of piperidine rings is 1. The molecule has 140 valence electrons. The summed E-state index contributed by atoms with van der Waals surface area (Å²) in [5, 5.41) is 0.361. The Kier molecular flexibility index (Phi) is 5.07. The van der Waals surface area contributed by atoms with E-state index in [0.717, 1.165) is 30.2 Å². The molecule has 0 N–H and O–H groups in total. The van der Waals surface area contributed by atoms with E-state index in [1.165, 1.54) is 31.7 Å². The molecule has 2 heterocycles. The number of halogens is 2. The number of aromatic nitrogens is 1. The summed E-state index contributed by atoms with van der Waals surface area (Å²) in [6.07, 6.45) is 6.97. The van der Waals surface area contributed by atoms with Gasteiger partial charge in [0.25, 0.3) is 5.19 Å². The van der Waals surface area contributed by atoms with Crippen LogP contribution in [0.2, 0.25) is 0 Å². The standard InChI is InChI=1S/C19H22F2N2O2S/c20-13-10-15(21)18-16(11-13)26-19(22-18)25-14-5-7-23(8-6-14)17(24)9-12-3-1-2-4-12/h10-12,14H,1-9H2. The number of ether oxygens (including phenoxy) is 1. The molecule has 1 saturated carbocycles. The zero-order valence-corrected chi connectivity index (χ0v) is 15.4. The highest BCUT2D eigenvalue weighted by Crippen LogP contribution is 2.32. The molecule has 1 saturated heterocycles. The Bertz CT molecular complexity index is 796. The highest BCUT2D eigenvalue weighted by Gasteiger charge is 2.27. The van der Waals surface area contributed by atoms with E-state index in [4.69, 9.17) is 4.74 Å². The maximum Gasteiger partial charge on any atom is 0.274 e. The first-order chi connectivity index (χ1) is 12.6. The molecular formula is C19H22F2N2O2S. The summed E-state index contributed by atoms with van der Waals surface area (Å²) in [6.45, 7) is 1.37. The largest absolute Gasteiger partial charge is 0.467 e. The fourth-order valence-electron chi connectivity index (χ4n) is 3.94.